The molecule has 0 saturated heterocycles. The van der Waals surface area contributed by atoms with Crippen LogP contribution in [0.3, 0.4) is 0 Å². The average molecular weight is 342 g/mol. The van der Waals surface area contributed by atoms with Crippen molar-refractivity contribution < 1.29 is 18.7 Å². The van der Waals surface area contributed by atoms with Gasteiger partial charge in [0.1, 0.15) is 5.82 Å². The normalized spacial score (nSPS) is 24.1. The molecule has 23 heavy (non-hydrogen) atoms. The number of hydrogen-bond donors (Lipinski definition) is 1. The number of amides is 1. The highest BCUT2D eigenvalue weighted by Gasteiger charge is 2.28. The first-order chi connectivity index (χ1) is 10.9. The zero-order valence-electron chi connectivity index (χ0n) is 13.3. The lowest BCUT2D eigenvalue weighted by molar-refractivity contribution is -0.125. The standard InChI is InChI=1S/C17H21ClFNO3/c1-10-4-3-5-15(11(10)2)20-16(21)9-23-17(22)13-7-6-12(18)8-14(13)19/h6-8,10-11,15H,3-5,9H2,1-2H3,(H,20,21)/t10-,11+,15-/m0/s1. The lowest BCUT2D eigenvalue weighted by Gasteiger charge is -2.34. The third-order valence-electron chi connectivity index (χ3n) is 4.54. The van der Waals surface area contributed by atoms with E-state index in [1.54, 1.807) is 0 Å². The first-order valence-corrected chi connectivity index (χ1v) is 8.18. The van der Waals surface area contributed by atoms with E-state index in [0.29, 0.717) is 11.8 Å². The number of carbonyl (C=O) groups is 2. The van der Waals surface area contributed by atoms with Crippen molar-refractivity contribution in [1.29, 1.82) is 0 Å². The second kappa shape index (κ2) is 7.77. The summed E-state index contributed by atoms with van der Waals surface area (Å²) < 4.78 is 18.5. The summed E-state index contributed by atoms with van der Waals surface area (Å²) >= 11 is 5.63. The topological polar surface area (TPSA) is 55.4 Å². The highest BCUT2D eigenvalue weighted by atomic mass is 35.5. The van der Waals surface area contributed by atoms with Gasteiger partial charge < -0.3 is 10.1 Å². The van der Waals surface area contributed by atoms with E-state index in [0.717, 1.165) is 18.9 Å². The van der Waals surface area contributed by atoms with Crippen molar-refractivity contribution in [3.63, 3.8) is 0 Å². The average Bonchev–Trinajstić information content (AvgIpc) is 2.49. The zero-order valence-corrected chi connectivity index (χ0v) is 14.0. The van der Waals surface area contributed by atoms with Crippen LogP contribution in [0.15, 0.2) is 18.2 Å². The van der Waals surface area contributed by atoms with Gasteiger partial charge in [-0.2, -0.15) is 0 Å². The van der Waals surface area contributed by atoms with Crippen molar-refractivity contribution in [3.8, 4) is 0 Å². The summed E-state index contributed by atoms with van der Waals surface area (Å²) in [6, 6.07) is 3.76. The maximum atomic E-state index is 13.6. The third-order valence-corrected chi connectivity index (χ3v) is 4.77. The highest BCUT2D eigenvalue weighted by Crippen LogP contribution is 2.29. The Kier molecular flexibility index (Phi) is 5.99. The van der Waals surface area contributed by atoms with Gasteiger partial charge in [0.25, 0.3) is 5.91 Å². The van der Waals surface area contributed by atoms with Crippen LogP contribution in [0.4, 0.5) is 4.39 Å². The molecule has 1 aromatic carbocycles. The van der Waals surface area contributed by atoms with Gasteiger partial charge in [-0.15, -0.1) is 0 Å². The van der Waals surface area contributed by atoms with Crippen LogP contribution in [0, 0.1) is 17.7 Å². The molecule has 1 fully saturated rings. The van der Waals surface area contributed by atoms with Gasteiger partial charge in [-0.3, -0.25) is 4.79 Å². The molecule has 1 aliphatic rings. The van der Waals surface area contributed by atoms with Gasteiger partial charge >= 0.3 is 5.97 Å². The van der Waals surface area contributed by atoms with E-state index < -0.39 is 18.4 Å². The Morgan fingerprint density at radius 1 is 1.35 bits per heavy atom. The van der Waals surface area contributed by atoms with E-state index in [1.807, 2.05) is 0 Å². The molecule has 0 heterocycles. The molecule has 3 atom stereocenters. The Hall–Kier alpha value is -1.62. The van der Waals surface area contributed by atoms with Gasteiger partial charge in [0.2, 0.25) is 0 Å². The number of carbonyl (C=O) groups excluding carboxylic acids is 2. The van der Waals surface area contributed by atoms with E-state index in [-0.39, 0.29) is 22.5 Å². The van der Waals surface area contributed by atoms with E-state index in [2.05, 4.69) is 19.2 Å². The molecule has 0 aromatic heterocycles. The predicted molar refractivity (Wildman–Crippen MR) is 85.8 cm³/mol. The molecule has 0 radical (unpaired) electrons. The van der Waals surface area contributed by atoms with Gasteiger partial charge in [-0.05, 0) is 36.5 Å². The Balaban J connectivity index is 1.85. The number of hydrogen-bond acceptors (Lipinski definition) is 3. The minimum atomic E-state index is -0.876. The smallest absolute Gasteiger partial charge is 0.341 e. The lowest BCUT2D eigenvalue weighted by Crippen LogP contribution is -2.45. The monoisotopic (exact) mass is 341 g/mol. The quantitative estimate of drug-likeness (QED) is 0.852. The number of benzene rings is 1. The predicted octanol–water partition coefficient (Wildman–Crippen LogP) is 3.58. The lowest BCUT2D eigenvalue weighted by atomic mass is 9.78. The third kappa shape index (κ3) is 4.67. The molecule has 1 aromatic rings. The number of halogens is 2. The maximum absolute atomic E-state index is 13.6. The largest absolute Gasteiger partial charge is 0.452 e. The molecular formula is C17H21ClFNO3. The van der Waals surface area contributed by atoms with Gasteiger partial charge in [0.05, 0.1) is 5.56 Å². The molecule has 1 N–H and O–H groups in total. The molecule has 0 unspecified atom stereocenters. The van der Waals surface area contributed by atoms with E-state index in [1.165, 1.54) is 18.6 Å². The highest BCUT2D eigenvalue weighted by molar-refractivity contribution is 6.30. The van der Waals surface area contributed by atoms with E-state index >= 15 is 0 Å². The summed E-state index contributed by atoms with van der Waals surface area (Å²) in [6.45, 7) is 3.87. The molecule has 0 aliphatic heterocycles. The van der Waals surface area contributed by atoms with Crippen LogP contribution in [0.1, 0.15) is 43.5 Å². The molecule has 1 amide bonds. The first-order valence-electron chi connectivity index (χ1n) is 7.80. The fourth-order valence-electron chi connectivity index (χ4n) is 2.90. The second-order valence-corrected chi connectivity index (χ2v) is 6.58. The van der Waals surface area contributed by atoms with Gasteiger partial charge in [-0.1, -0.05) is 38.3 Å². The summed E-state index contributed by atoms with van der Waals surface area (Å²) in [5.41, 5.74) is -0.234. The SMILES string of the molecule is C[C@H]1[C@@H](NC(=O)COC(=O)c2ccc(Cl)cc2F)CCC[C@@H]1C. The fraction of sp³-hybridized carbons (Fsp3) is 0.529. The molecule has 0 spiro atoms. The second-order valence-electron chi connectivity index (χ2n) is 6.14. The van der Waals surface area contributed by atoms with E-state index in [9.17, 15) is 14.0 Å². The summed E-state index contributed by atoms with van der Waals surface area (Å²) in [7, 11) is 0. The van der Waals surface area contributed by atoms with Crippen LogP contribution in [0.5, 0.6) is 0 Å². The van der Waals surface area contributed by atoms with Crippen LogP contribution in [0.25, 0.3) is 0 Å². The Morgan fingerprint density at radius 3 is 2.78 bits per heavy atom. The molecule has 1 aliphatic carbocycles. The minimum Gasteiger partial charge on any atom is -0.452 e. The molecule has 2 rings (SSSR count). The number of ether oxygens (including phenoxy) is 1. The van der Waals surface area contributed by atoms with Crippen molar-refractivity contribution in [3.05, 3.63) is 34.6 Å². The minimum absolute atomic E-state index is 0.0946. The number of nitrogens with one attached hydrogen (secondary N) is 1. The van der Waals surface area contributed by atoms with Crippen LogP contribution >= 0.6 is 11.6 Å². The number of esters is 1. The summed E-state index contributed by atoms with van der Waals surface area (Å²) in [6.07, 6.45) is 3.17. The molecule has 4 nitrogen and oxygen atoms in total. The molecule has 1 saturated carbocycles. The first kappa shape index (κ1) is 17.7. The van der Waals surface area contributed by atoms with Crippen LogP contribution in [0.2, 0.25) is 5.02 Å². The van der Waals surface area contributed by atoms with Crippen molar-refractivity contribution in [1.82, 2.24) is 5.32 Å². The fourth-order valence-corrected chi connectivity index (χ4v) is 3.06. The Morgan fingerprint density at radius 2 is 2.09 bits per heavy atom. The molecule has 0 bridgehead atoms. The van der Waals surface area contributed by atoms with Crippen molar-refractivity contribution >= 4 is 23.5 Å². The Labute approximate surface area is 140 Å². The molecule has 6 heteroatoms. The molecular weight excluding hydrogens is 321 g/mol. The van der Waals surface area contributed by atoms with Crippen molar-refractivity contribution in [2.45, 2.75) is 39.2 Å². The van der Waals surface area contributed by atoms with Crippen LogP contribution < -0.4 is 5.32 Å². The van der Waals surface area contributed by atoms with Gasteiger partial charge in [0.15, 0.2) is 6.61 Å². The van der Waals surface area contributed by atoms with Crippen LogP contribution in [-0.2, 0) is 9.53 Å². The van der Waals surface area contributed by atoms with Crippen molar-refractivity contribution in [2.24, 2.45) is 11.8 Å². The zero-order chi connectivity index (χ0) is 17.0. The molecule has 126 valence electrons. The maximum Gasteiger partial charge on any atom is 0.341 e. The van der Waals surface area contributed by atoms with Crippen molar-refractivity contribution in [2.75, 3.05) is 6.61 Å². The van der Waals surface area contributed by atoms with Gasteiger partial charge in [-0.25, -0.2) is 9.18 Å². The number of rotatable bonds is 4. The summed E-state index contributed by atoms with van der Waals surface area (Å²) in [5.74, 6) is -1.06. The van der Waals surface area contributed by atoms with E-state index in [4.69, 9.17) is 16.3 Å². The summed E-state index contributed by atoms with van der Waals surface area (Å²) in [4.78, 5) is 23.7. The Bertz CT molecular complexity index is 593. The summed E-state index contributed by atoms with van der Waals surface area (Å²) in [5, 5.41) is 3.09. The van der Waals surface area contributed by atoms with Crippen LogP contribution in [-0.4, -0.2) is 24.5 Å². The van der Waals surface area contributed by atoms with Gasteiger partial charge in [0, 0.05) is 11.1 Å².